The lowest BCUT2D eigenvalue weighted by atomic mass is 9.82. The summed E-state index contributed by atoms with van der Waals surface area (Å²) in [6.07, 6.45) is 8.38. The van der Waals surface area contributed by atoms with Gasteiger partial charge in [-0.1, -0.05) is 26.7 Å². The molecule has 0 aliphatic heterocycles. The van der Waals surface area contributed by atoms with Gasteiger partial charge in [0.15, 0.2) is 0 Å². The van der Waals surface area contributed by atoms with Crippen molar-refractivity contribution in [2.24, 2.45) is 0 Å². The summed E-state index contributed by atoms with van der Waals surface area (Å²) in [5.41, 5.74) is 1.41. The van der Waals surface area contributed by atoms with E-state index in [-0.39, 0.29) is 0 Å². The van der Waals surface area contributed by atoms with Crippen LogP contribution in [0.1, 0.15) is 57.6 Å². The highest BCUT2D eigenvalue weighted by atomic mass is 79.9. The van der Waals surface area contributed by atoms with Gasteiger partial charge in [-0.2, -0.15) is 5.10 Å². The second-order valence-electron chi connectivity index (χ2n) is 5.16. The molecule has 2 unspecified atom stereocenters. The van der Waals surface area contributed by atoms with E-state index < -0.39 is 0 Å². The van der Waals surface area contributed by atoms with Gasteiger partial charge in [0.2, 0.25) is 0 Å². The summed E-state index contributed by atoms with van der Waals surface area (Å²) in [6.45, 7) is 6.49. The molecule has 1 aliphatic carbocycles. The number of nitrogens with zero attached hydrogens (tertiary/aromatic N) is 2. The quantitative estimate of drug-likeness (QED) is 0.898. The van der Waals surface area contributed by atoms with Gasteiger partial charge < -0.3 is 5.32 Å². The average molecular weight is 314 g/mol. The molecule has 3 nitrogen and oxygen atoms in total. The number of likely N-dealkylation sites (N-methyl/N-ethyl adjacent to an activating group) is 1. The van der Waals surface area contributed by atoms with Crippen LogP contribution >= 0.6 is 15.9 Å². The maximum absolute atomic E-state index is 4.52. The Morgan fingerprint density at radius 3 is 2.89 bits per heavy atom. The first kappa shape index (κ1) is 14.1. The van der Waals surface area contributed by atoms with Gasteiger partial charge >= 0.3 is 0 Å². The van der Waals surface area contributed by atoms with Crippen molar-refractivity contribution in [1.29, 1.82) is 0 Å². The Morgan fingerprint density at radius 2 is 2.17 bits per heavy atom. The minimum absolute atomic E-state index is 0.613. The first-order chi connectivity index (χ1) is 8.77. The first-order valence-electron chi connectivity index (χ1n) is 7.22. The number of aromatic nitrogens is 2. The fourth-order valence-corrected chi connectivity index (χ4v) is 3.69. The molecule has 1 N–H and O–H groups in total. The molecule has 2 rings (SSSR count). The van der Waals surface area contributed by atoms with Crippen LogP contribution in [0.4, 0.5) is 0 Å². The van der Waals surface area contributed by atoms with Crippen molar-refractivity contribution in [2.45, 2.75) is 64.5 Å². The van der Waals surface area contributed by atoms with Gasteiger partial charge in [0.1, 0.15) is 0 Å². The summed E-state index contributed by atoms with van der Waals surface area (Å²) >= 11 is 3.69. The molecule has 1 aliphatic rings. The largest absolute Gasteiger partial charge is 0.314 e. The van der Waals surface area contributed by atoms with Crippen LogP contribution in [-0.2, 0) is 6.54 Å². The van der Waals surface area contributed by atoms with E-state index in [0.717, 1.165) is 19.5 Å². The summed E-state index contributed by atoms with van der Waals surface area (Å²) in [4.78, 5) is 0. The second kappa shape index (κ2) is 6.71. The zero-order chi connectivity index (χ0) is 13.0. The van der Waals surface area contributed by atoms with Crippen molar-refractivity contribution in [3.8, 4) is 0 Å². The number of hydrogen-bond donors (Lipinski definition) is 1. The van der Waals surface area contributed by atoms with Crippen LogP contribution in [0, 0.1) is 0 Å². The standard InChI is InChI=1S/C14H24BrN3/c1-3-9-18-14(12(15)10-17-18)11-7-5-6-8-13(11)16-4-2/h10-11,13,16H,3-9H2,1-2H3. The Kier molecular flexibility index (Phi) is 5.25. The van der Waals surface area contributed by atoms with Crippen molar-refractivity contribution in [1.82, 2.24) is 15.1 Å². The molecular weight excluding hydrogens is 290 g/mol. The summed E-state index contributed by atoms with van der Waals surface area (Å²) in [6, 6.07) is 0.618. The molecular formula is C14H24BrN3. The minimum Gasteiger partial charge on any atom is -0.314 e. The molecule has 1 saturated carbocycles. The Labute approximate surface area is 118 Å². The van der Waals surface area contributed by atoms with E-state index in [1.807, 2.05) is 6.20 Å². The second-order valence-corrected chi connectivity index (χ2v) is 6.01. The molecule has 0 amide bonds. The molecule has 0 saturated heterocycles. The third-order valence-corrected chi connectivity index (χ3v) is 4.46. The van der Waals surface area contributed by atoms with E-state index in [1.165, 1.54) is 35.8 Å². The first-order valence-corrected chi connectivity index (χ1v) is 8.01. The van der Waals surface area contributed by atoms with Gasteiger partial charge in [0.05, 0.1) is 16.4 Å². The van der Waals surface area contributed by atoms with Crippen LogP contribution in [-0.4, -0.2) is 22.4 Å². The topological polar surface area (TPSA) is 29.9 Å². The highest BCUT2D eigenvalue weighted by Crippen LogP contribution is 2.36. The van der Waals surface area contributed by atoms with Crippen LogP contribution < -0.4 is 5.32 Å². The Morgan fingerprint density at radius 1 is 1.39 bits per heavy atom. The monoisotopic (exact) mass is 313 g/mol. The number of aryl methyl sites for hydroxylation is 1. The molecule has 102 valence electrons. The lowest BCUT2D eigenvalue weighted by Crippen LogP contribution is -2.38. The molecule has 0 aromatic carbocycles. The van der Waals surface area contributed by atoms with Crippen molar-refractivity contribution in [3.05, 3.63) is 16.4 Å². The van der Waals surface area contributed by atoms with E-state index in [4.69, 9.17) is 0 Å². The predicted octanol–water partition coefficient (Wildman–Crippen LogP) is 3.69. The maximum Gasteiger partial charge on any atom is 0.0635 e. The van der Waals surface area contributed by atoms with Gasteiger partial charge in [-0.3, -0.25) is 4.68 Å². The normalized spacial score (nSPS) is 24.4. The van der Waals surface area contributed by atoms with Crippen LogP contribution in [0.3, 0.4) is 0 Å². The zero-order valence-corrected chi connectivity index (χ0v) is 13.0. The average Bonchev–Trinajstić information content (AvgIpc) is 2.73. The Hall–Kier alpha value is -0.350. The van der Waals surface area contributed by atoms with E-state index in [0.29, 0.717) is 12.0 Å². The fourth-order valence-electron chi connectivity index (χ4n) is 3.10. The lowest BCUT2D eigenvalue weighted by Gasteiger charge is -2.33. The Bertz CT molecular complexity index is 373. The molecule has 2 atom stereocenters. The highest BCUT2D eigenvalue weighted by Gasteiger charge is 2.29. The van der Waals surface area contributed by atoms with Crippen molar-refractivity contribution < 1.29 is 0 Å². The van der Waals surface area contributed by atoms with Crippen LogP contribution in [0.5, 0.6) is 0 Å². The van der Waals surface area contributed by atoms with Crippen LogP contribution in [0.15, 0.2) is 10.7 Å². The molecule has 0 spiro atoms. The molecule has 4 heteroatoms. The third kappa shape index (κ3) is 2.97. The molecule has 1 fully saturated rings. The van der Waals surface area contributed by atoms with Crippen molar-refractivity contribution >= 4 is 15.9 Å². The van der Waals surface area contributed by atoms with Crippen LogP contribution in [0.25, 0.3) is 0 Å². The number of nitrogens with one attached hydrogen (secondary N) is 1. The maximum atomic E-state index is 4.52. The van der Waals surface area contributed by atoms with Crippen molar-refractivity contribution in [2.75, 3.05) is 6.54 Å². The minimum atomic E-state index is 0.613. The molecule has 1 aromatic heterocycles. The zero-order valence-electron chi connectivity index (χ0n) is 11.5. The summed E-state index contributed by atoms with van der Waals surface area (Å²) in [7, 11) is 0. The van der Waals surface area contributed by atoms with Crippen molar-refractivity contribution in [3.63, 3.8) is 0 Å². The number of rotatable bonds is 5. The molecule has 1 aromatic rings. The summed E-state index contributed by atoms with van der Waals surface area (Å²) in [5, 5.41) is 8.17. The highest BCUT2D eigenvalue weighted by molar-refractivity contribution is 9.10. The third-order valence-electron chi connectivity index (χ3n) is 3.85. The summed E-state index contributed by atoms with van der Waals surface area (Å²) < 4.78 is 3.38. The molecule has 1 heterocycles. The number of halogens is 1. The van der Waals surface area contributed by atoms with Gasteiger partial charge in [-0.05, 0) is 41.7 Å². The molecule has 0 radical (unpaired) electrons. The van der Waals surface area contributed by atoms with E-state index >= 15 is 0 Å². The molecule has 18 heavy (non-hydrogen) atoms. The smallest absolute Gasteiger partial charge is 0.0635 e. The number of hydrogen-bond acceptors (Lipinski definition) is 2. The SMILES string of the molecule is CCCn1ncc(Br)c1C1CCCCC1NCC. The molecule has 0 bridgehead atoms. The van der Waals surface area contributed by atoms with Gasteiger partial charge in [-0.15, -0.1) is 0 Å². The van der Waals surface area contributed by atoms with E-state index in [9.17, 15) is 0 Å². The van der Waals surface area contributed by atoms with E-state index in [1.54, 1.807) is 0 Å². The van der Waals surface area contributed by atoms with Gasteiger partial charge in [0.25, 0.3) is 0 Å². The fraction of sp³-hybridized carbons (Fsp3) is 0.786. The van der Waals surface area contributed by atoms with Gasteiger partial charge in [-0.25, -0.2) is 0 Å². The van der Waals surface area contributed by atoms with E-state index in [2.05, 4.69) is 44.9 Å². The van der Waals surface area contributed by atoms with Crippen LogP contribution in [0.2, 0.25) is 0 Å². The van der Waals surface area contributed by atoms with Gasteiger partial charge in [0, 0.05) is 18.5 Å². The Balaban J connectivity index is 2.23. The lowest BCUT2D eigenvalue weighted by molar-refractivity contribution is 0.317. The predicted molar refractivity (Wildman–Crippen MR) is 78.9 cm³/mol. The summed E-state index contributed by atoms with van der Waals surface area (Å²) in [5.74, 6) is 0.613.